The average molecular weight is 286 g/mol. The van der Waals surface area contributed by atoms with Gasteiger partial charge in [0.15, 0.2) is 6.04 Å². The lowest BCUT2D eigenvalue weighted by atomic mass is 10.2. The van der Waals surface area contributed by atoms with Gasteiger partial charge in [0.25, 0.3) is 0 Å². The first-order valence-corrected chi connectivity index (χ1v) is 6.74. The van der Waals surface area contributed by atoms with Gasteiger partial charge in [-0.1, -0.05) is 6.07 Å². The van der Waals surface area contributed by atoms with Crippen molar-refractivity contribution in [1.82, 2.24) is 10.6 Å². The molecule has 7 heteroatoms. The third kappa shape index (κ3) is 5.27. The molecular weight excluding hydrogens is 268 g/mol. The smallest absolute Gasteiger partial charge is 0.331 e. The number of carboxylic acid groups (broad SMARTS) is 1. The van der Waals surface area contributed by atoms with Crippen molar-refractivity contribution in [2.75, 3.05) is 13.7 Å². The SMILES string of the molecule is COCCC(C)NC(=O)NC(C(=O)O)c1cccs1. The number of methoxy groups -OCH3 is 1. The first kappa shape index (κ1) is 15.5. The molecule has 1 aromatic rings. The Morgan fingerprint density at radius 2 is 2.21 bits per heavy atom. The molecule has 0 saturated carbocycles. The van der Waals surface area contributed by atoms with Crippen LogP contribution >= 0.6 is 11.3 Å². The van der Waals surface area contributed by atoms with Crippen molar-refractivity contribution in [3.63, 3.8) is 0 Å². The fourth-order valence-electron chi connectivity index (χ4n) is 1.47. The number of carbonyl (C=O) groups excluding carboxylic acids is 1. The number of hydrogen-bond acceptors (Lipinski definition) is 4. The lowest BCUT2D eigenvalue weighted by Gasteiger charge is -2.17. The van der Waals surface area contributed by atoms with E-state index in [1.807, 2.05) is 6.92 Å². The highest BCUT2D eigenvalue weighted by atomic mass is 32.1. The quantitative estimate of drug-likeness (QED) is 0.710. The zero-order chi connectivity index (χ0) is 14.3. The minimum atomic E-state index is -1.08. The van der Waals surface area contributed by atoms with Crippen LogP contribution in [0, 0.1) is 0 Å². The highest BCUT2D eigenvalue weighted by Crippen LogP contribution is 2.18. The van der Waals surface area contributed by atoms with Gasteiger partial charge < -0.3 is 20.5 Å². The van der Waals surface area contributed by atoms with Crippen LogP contribution < -0.4 is 10.6 Å². The lowest BCUT2D eigenvalue weighted by molar-refractivity contribution is -0.139. The number of urea groups is 1. The first-order chi connectivity index (χ1) is 9.04. The van der Waals surface area contributed by atoms with Gasteiger partial charge in [-0.25, -0.2) is 9.59 Å². The van der Waals surface area contributed by atoms with Gasteiger partial charge in [-0.2, -0.15) is 0 Å². The highest BCUT2D eigenvalue weighted by molar-refractivity contribution is 7.10. The maximum Gasteiger partial charge on any atom is 0.331 e. The number of amides is 2. The standard InChI is InChI=1S/C12H18N2O4S/c1-8(5-6-18-2)13-12(17)14-10(11(15)16)9-4-3-7-19-9/h3-4,7-8,10H,5-6H2,1-2H3,(H,15,16)(H2,13,14,17). The number of carbonyl (C=O) groups is 2. The van der Waals surface area contributed by atoms with Crippen molar-refractivity contribution in [2.24, 2.45) is 0 Å². The Balaban J connectivity index is 2.51. The summed E-state index contributed by atoms with van der Waals surface area (Å²) in [6.45, 7) is 2.37. The Morgan fingerprint density at radius 3 is 2.74 bits per heavy atom. The molecule has 0 bridgehead atoms. The van der Waals surface area contributed by atoms with Gasteiger partial charge in [0.2, 0.25) is 0 Å². The zero-order valence-electron chi connectivity index (χ0n) is 10.9. The number of hydrogen-bond donors (Lipinski definition) is 3. The van der Waals surface area contributed by atoms with E-state index in [9.17, 15) is 9.59 Å². The summed E-state index contributed by atoms with van der Waals surface area (Å²) in [5.41, 5.74) is 0. The molecule has 19 heavy (non-hydrogen) atoms. The molecule has 6 nitrogen and oxygen atoms in total. The van der Waals surface area contributed by atoms with Crippen LogP contribution in [0.3, 0.4) is 0 Å². The van der Waals surface area contributed by atoms with Gasteiger partial charge in [-0.3, -0.25) is 0 Å². The zero-order valence-corrected chi connectivity index (χ0v) is 11.7. The van der Waals surface area contributed by atoms with E-state index in [-0.39, 0.29) is 6.04 Å². The molecule has 1 heterocycles. The Morgan fingerprint density at radius 1 is 1.47 bits per heavy atom. The Kier molecular flexibility index (Phi) is 6.31. The predicted molar refractivity (Wildman–Crippen MR) is 72.3 cm³/mol. The average Bonchev–Trinajstić information content (AvgIpc) is 2.86. The minimum absolute atomic E-state index is 0.0854. The molecule has 1 aromatic heterocycles. The summed E-state index contributed by atoms with van der Waals surface area (Å²) >= 11 is 1.29. The van der Waals surface area contributed by atoms with E-state index in [4.69, 9.17) is 9.84 Å². The molecule has 0 aliphatic heterocycles. The summed E-state index contributed by atoms with van der Waals surface area (Å²) in [6.07, 6.45) is 0.667. The fourth-order valence-corrected chi connectivity index (χ4v) is 2.24. The molecule has 2 atom stereocenters. The Hall–Kier alpha value is -1.60. The third-order valence-corrected chi connectivity index (χ3v) is 3.42. The number of thiophene rings is 1. The molecule has 0 fully saturated rings. The molecule has 0 spiro atoms. The van der Waals surface area contributed by atoms with E-state index in [1.165, 1.54) is 11.3 Å². The third-order valence-electron chi connectivity index (χ3n) is 2.48. The molecule has 0 aliphatic rings. The van der Waals surface area contributed by atoms with Gasteiger partial charge in [0, 0.05) is 24.6 Å². The second kappa shape index (κ2) is 7.75. The second-order valence-corrected chi connectivity index (χ2v) is 5.07. The van der Waals surface area contributed by atoms with E-state index in [0.717, 1.165) is 0 Å². The number of nitrogens with one attached hydrogen (secondary N) is 2. The number of aliphatic carboxylic acids is 1. The van der Waals surface area contributed by atoms with E-state index in [1.54, 1.807) is 24.6 Å². The highest BCUT2D eigenvalue weighted by Gasteiger charge is 2.23. The summed E-state index contributed by atoms with van der Waals surface area (Å²) in [4.78, 5) is 23.4. The summed E-state index contributed by atoms with van der Waals surface area (Å²) in [5.74, 6) is -1.08. The lowest BCUT2D eigenvalue weighted by Crippen LogP contribution is -2.44. The molecule has 0 saturated heterocycles. The fraction of sp³-hybridized carbons (Fsp3) is 0.500. The molecule has 1 rings (SSSR count). The molecule has 2 unspecified atom stereocenters. The van der Waals surface area contributed by atoms with Crippen LogP contribution in [0.25, 0.3) is 0 Å². The molecule has 0 radical (unpaired) electrons. The molecular formula is C12H18N2O4S. The molecule has 2 amide bonds. The van der Waals surface area contributed by atoms with Crippen LogP contribution in [0.15, 0.2) is 17.5 Å². The maximum absolute atomic E-state index is 11.7. The van der Waals surface area contributed by atoms with Crippen molar-refractivity contribution in [2.45, 2.75) is 25.4 Å². The van der Waals surface area contributed by atoms with Gasteiger partial charge in [-0.15, -0.1) is 11.3 Å². The Bertz CT molecular complexity index is 408. The van der Waals surface area contributed by atoms with Crippen LogP contribution in [-0.2, 0) is 9.53 Å². The molecule has 0 aliphatic carbocycles. The summed E-state index contributed by atoms with van der Waals surface area (Å²) in [5, 5.41) is 16.0. The van der Waals surface area contributed by atoms with Gasteiger partial charge in [0.1, 0.15) is 0 Å². The number of rotatable bonds is 7. The van der Waals surface area contributed by atoms with Gasteiger partial charge >= 0.3 is 12.0 Å². The normalized spacial score (nSPS) is 13.6. The van der Waals surface area contributed by atoms with Gasteiger partial charge in [-0.05, 0) is 24.8 Å². The van der Waals surface area contributed by atoms with Crippen molar-refractivity contribution in [3.8, 4) is 0 Å². The van der Waals surface area contributed by atoms with E-state index >= 15 is 0 Å². The van der Waals surface area contributed by atoms with Crippen LogP contribution in [0.2, 0.25) is 0 Å². The largest absolute Gasteiger partial charge is 0.479 e. The Labute approximate surface area is 115 Å². The predicted octanol–water partition coefficient (Wildman–Crippen LogP) is 1.60. The topological polar surface area (TPSA) is 87.7 Å². The van der Waals surface area contributed by atoms with Crippen molar-refractivity contribution in [1.29, 1.82) is 0 Å². The number of carboxylic acids is 1. The summed E-state index contributed by atoms with van der Waals surface area (Å²) in [7, 11) is 1.59. The van der Waals surface area contributed by atoms with Crippen LogP contribution in [-0.4, -0.2) is 36.9 Å². The van der Waals surface area contributed by atoms with Crippen molar-refractivity contribution in [3.05, 3.63) is 22.4 Å². The van der Waals surface area contributed by atoms with Crippen LogP contribution in [0.1, 0.15) is 24.3 Å². The van der Waals surface area contributed by atoms with E-state index in [0.29, 0.717) is 17.9 Å². The minimum Gasteiger partial charge on any atom is -0.479 e. The van der Waals surface area contributed by atoms with E-state index in [2.05, 4.69) is 10.6 Å². The summed E-state index contributed by atoms with van der Waals surface area (Å²) in [6, 6.07) is 1.83. The molecule has 3 N–H and O–H groups in total. The number of ether oxygens (including phenoxy) is 1. The maximum atomic E-state index is 11.7. The first-order valence-electron chi connectivity index (χ1n) is 5.86. The second-order valence-electron chi connectivity index (χ2n) is 4.09. The van der Waals surface area contributed by atoms with Crippen molar-refractivity contribution >= 4 is 23.3 Å². The van der Waals surface area contributed by atoms with Crippen LogP contribution in [0.5, 0.6) is 0 Å². The molecule has 0 aromatic carbocycles. The monoisotopic (exact) mass is 286 g/mol. The molecule has 106 valence electrons. The summed E-state index contributed by atoms with van der Waals surface area (Å²) < 4.78 is 4.91. The van der Waals surface area contributed by atoms with E-state index < -0.39 is 18.0 Å². The van der Waals surface area contributed by atoms with Crippen LogP contribution in [0.4, 0.5) is 4.79 Å². The van der Waals surface area contributed by atoms with Crippen molar-refractivity contribution < 1.29 is 19.4 Å². The van der Waals surface area contributed by atoms with Gasteiger partial charge in [0.05, 0.1) is 0 Å².